The highest BCUT2D eigenvalue weighted by molar-refractivity contribution is 5.29. The second kappa shape index (κ2) is 7.55. The molecule has 2 nitrogen and oxygen atoms in total. The predicted molar refractivity (Wildman–Crippen MR) is 114 cm³/mol. The largest absolute Gasteiger partial charge is 0.489 e. The lowest BCUT2D eigenvalue weighted by atomic mass is 9.48. The van der Waals surface area contributed by atoms with Crippen LogP contribution < -0.4 is 10.1 Å². The van der Waals surface area contributed by atoms with Gasteiger partial charge in [0, 0.05) is 12.6 Å². The first kappa shape index (κ1) is 18.2. The van der Waals surface area contributed by atoms with Crippen molar-refractivity contribution in [3.63, 3.8) is 0 Å². The van der Waals surface area contributed by atoms with E-state index in [4.69, 9.17) is 4.74 Å². The Morgan fingerprint density at radius 2 is 1.54 bits per heavy atom. The molecule has 6 rings (SSSR count). The third kappa shape index (κ3) is 3.72. The van der Waals surface area contributed by atoms with Crippen LogP contribution in [0, 0.1) is 23.2 Å². The standard InChI is InChI=1S/C26H33NO/c1-19(26-14-22-10-23(15-26)12-24(11-22)16-26)27-17-21-8-5-9-25(13-21)28-18-20-6-3-2-4-7-20/h2-9,13,19,22-24,27H,10-12,14-18H2,1H3/t19-,22?,23?,24?,26?/m0/s1. The molecule has 28 heavy (non-hydrogen) atoms. The van der Waals surface area contributed by atoms with Crippen LogP contribution in [-0.2, 0) is 13.2 Å². The zero-order chi connectivity index (χ0) is 19.0. The Morgan fingerprint density at radius 3 is 2.21 bits per heavy atom. The van der Waals surface area contributed by atoms with Crippen LogP contribution in [0.25, 0.3) is 0 Å². The second-order valence-electron chi connectivity index (χ2n) is 9.80. The van der Waals surface area contributed by atoms with Crippen LogP contribution in [0.2, 0.25) is 0 Å². The van der Waals surface area contributed by atoms with Crippen molar-refractivity contribution in [2.75, 3.05) is 0 Å². The number of hydrogen-bond donors (Lipinski definition) is 1. The van der Waals surface area contributed by atoms with E-state index in [0.29, 0.717) is 18.1 Å². The highest BCUT2D eigenvalue weighted by Crippen LogP contribution is 2.61. The molecule has 0 heterocycles. The molecule has 4 saturated carbocycles. The molecular formula is C26H33NO. The molecule has 2 aromatic carbocycles. The van der Waals surface area contributed by atoms with Crippen LogP contribution in [0.1, 0.15) is 56.6 Å². The smallest absolute Gasteiger partial charge is 0.120 e. The molecule has 4 fully saturated rings. The van der Waals surface area contributed by atoms with Crippen LogP contribution in [0.3, 0.4) is 0 Å². The van der Waals surface area contributed by atoms with E-state index >= 15 is 0 Å². The summed E-state index contributed by atoms with van der Waals surface area (Å²) < 4.78 is 6.01. The van der Waals surface area contributed by atoms with Gasteiger partial charge in [-0.25, -0.2) is 0 Å². The van der Waals surface area contributed by atoms with Gasteiger partial charge in [-0.2, -0.15) is 0 Å². The molecule has 1 N–H and O–H groups in total. The molecule has 2 aromatic rings. The number of benzene rings is 2. The summed E-state index contributed by atoms with van der Waals surface area (Å²) in [6, 6.07) is 19.6. The maximum atomic E-state index is 6.01. The van der Waals surface area contributed by atoms with E-state index in [1.165, 1.54) is 49.7 Å². The Morgan fingerprint density at radius 1 is 0.893 bits per heavy atom. The molecule has 0 unspecified atom stereocenters. The van der Waals surface area contributed by atoms with Crippen molar-refractivity contribution in [2.24, 2.45) is 23.2 Å². The molecule has 0 aliphatic heterocycles. The first-order valence-corrected chi connectivity index (χ1v) is 11.2. The van der Waals surface area contributed by atoms with E-state index < -0.39 is 0 Å². The molecule has 0 amide bonds. The summed E-state index contributed by atoms with van der Waals surface area (Å²) in [6.45, 7) is 4.01. The van der Waals surface area contributed by atoms with E-state index in [9.17, 15) is 0 Å². The topological polar surface area (TPSA) is 21.3 Å². The predicted octanol–water partition coefficient (Wildman–Crippen LogP) is 5.96. The Balaban J connectivity index is 1.19. The Kier molecular flexibility index (Phi) is 4.92. The summed E-state index contributed by atoms with van der Waals surface area (Å²) in [7, 11) is 0. The summed E-state index contributed by atoms with van der Waals surface area (Å²) in [5, 5.41) is 3.90. The number of ether oxygens (including phenoxy) is 1. The fourth-order valence-electron chi connectivity index (χ4n) is 6.68. The molecule has 4 aliphatic carbocycles. The minimum atomic E-state index is 0.566. The van der Waals surface area contributed by atoms with Crippen LogP contribution in [0.5, 0.6) is 5.75 Å². The van der Waals surface area contributed by atoms with E-state index in [1.54, 1.807) is 0 Å². The lowest BCUT2D eigenvalue weighted by Crippen LogP contribution is -2.54. The fourth-order valence-corrected chi connectivity index (χ4v) is 6.68. The SMILES string of the molecule is C[C@H](NCc1cccc(OCc2ccccc2)c1)C12CC3CC(CC(C3)C1)C2. The Bertz CT molecular complexity index is 764. The summed E-state index contributed by atoms with van der Waals surface area (Å²) in [5.41, 5.74) is 3.10. The zero-order valence-electron chi connectivity index (χ0n) is 17.1. The Hall–Kier alpha value is -1.80. The second-order valence-corrected chi connectivity index (χ2v) is 9.80. The third-order valence-electron chi connectivity index (χ3n) is 7.76. The molecule has 0 spiro atoms. The average Bonchev–Trinajstić information content (AvgIpc) is 2.70. The lowest BCUT2D eigenvalue weighted by molar-refractivity contribution is -0.0706. The fraction of sp³-hybridized carbons (Fsp3) is 0.538. The van der Waals surface area contributed by atoms with Gasteiger partial charge in [0.1, 0.15) is 12.4 Å². The molecule has 1 atom stereocenters. The van der Waals surface area contributed by atoms with Gasteiger partial charge in [0.15, 0.2) is 0 Å². The summed E-state index contributed by atoms with van der Waals surface area (Å²) in [5.74, 6) is 4.02. The van der Waals surface area contributed by atoms with Gasteiger partial charge in [-0.05, 0) is 91.9 Å². The Labute approximate surface area is 169 Å². The average molecular weight is 376 g/mol. The maximum absolute atomic E-state index is 6.01. The normalized spacial score (nSPS) is 31.7. The first-order chi connectivity index (χ1) is 13.7. The molecule has 4 aliphatic rings. The monoisotopic (exact) mass is 375 g/mol. The van der Waals surface area contributed by atoms with Crippen LogP contribution in [0.4, 0.5) is 0 Å². The van der Waals surface area contributed by atoms with Crippen molar-refractivity contribution in [1.82, 2.24) is 5.32 Å². The number of rotatable bonds is 7. The minimum absolute atomic E-state index is 0.566. The van der Waals surface area contributed by atoms with Gasteiger partial charge in [-0.1, -0.05) is 42.5 Å². The molecular weight excluding hydrogens is 342 g/mol. The van der Waals surface area contributed by atoms with Crippen LogP contribution in [-0.4, -0.2) is 6.04 Å². The maximum Gasteiger partial charge on any atom is 0.120 e. The summed E-state index contributed by atoms with van der Waals surface area (Å²) >= 11 is 0. The third-order valence-corrected chi connectivity index (χ3v) is 7.76. The van der Waals surface area contributed by atoms with Crippen molar-refractivity contribution < 1.29 is 4.74 Å². The molecule has 4 bridgehead atoms. The van der Waals surface area contributed by atoms with Crippen molar-refractivity contribution in [1.29, 1.82) is 0 Å². The lowest BCUT2D eigenvalue weighted by Gasteiger charge is -2.59. The van der Waals surface area contributed by atoms with Gasteiger partial charge >= 0.3 is 0 Å². The number of hydrogen-bond acceptors (Lipinski definition) is 2. The molecule has 148 valence electrons. The zero-order valence-corrected chi connectivity index (χ0v) is 17.1. The molecule has 0 saturated heterocycles. The van der Waals surface area contributed by atoms with Crippen LogP contribution in [0.15, 0.2) is 54.6 Å². The van der Waals surface area contributed by atoms with E-state index in [1.807, 2.05) is 6.07 Å². The van der Waals surface area contributed by atoms with E-state index in [-0.39, 0.29) is 0 Å². The number of nitrogens with one attached hydrogen (secondary N) is 1. The molecule has 2 heteroatoms. The van der Waals surface area contributed by atoms with Gasteiger partial charge in [0.05, 0.1) is 0 Å². The minimum Gasteiger partial charge on any atom is -0.489 e. The summed E-state index contributed by atoms with van der Waals surface area (Å²) in [6.07, 6.45) is 8.96. The van der Waals surface area contributed by atoms with Crippen LogP contribution >= 0.6 is 0 Å². The highest BCUT2D eigenvalue weighted by Gasteiger charge is 2.52. The quantitative estimate of drug-likeness (QED) is 0.645. The van der Waals surface area contributed by atoms with Gasteiger partial charge < -0.3 is 10.1 Å². The van der Waals surface area contributed by atoms with Crippen molar-refractivity contribution in [3.8, 4) is 5.75 Å². The van der Waals surface area contributed by atoms with Gasteiger partial charge in [-0.15, -0.1) is 0 Å². The molecule has 0 radical (unpaired) electrons. The van der Waals surface area contributed by atoms with Crippen molar-refractivity contribution >= 4 is 0 Å². The van der Waals surface area contributed by atoms with E-state index in [0.717, 1.165) is 30.0 Å². The van der Waals surface area contributed by atoms with Gasteiger partial charge in [0.25, 0.3) is 0 Å². The van der Waals surface area contributed by atoms with Gasteiger partial charge in [-0.3, -0.25) is 0 Å². The summed E-state index contributed by atoms with van der Waals surface area (Å²) in [4.78, 5) is 0. The van der Waals surface area contributed by atoms with E-state index in [2.05, 4.69) is 60.8 Å². The molecule has 0 aromatic heterocycles. The highest BCUT2D eigenvalue weighted by atomic mass is 16.5. The van der Waals surface area contributed by atoms with Crippen molar-refractivity contribution in [2.45, 2.75) is 64.6 Å². The van der Waals surface area contributed by atoms with Crippen molar-refractivity contribution in [3.05, 3.63) is 65.7 Å². The van der Waals surface area contributed by atoms with Gasteiger partial charge in [0.2, 0.25) is 0 Å². The first-order valence-electron chi connectivity index (χ1n) is 11.2.